The zero-order chi connectivity index (χ0) is 19.8. The van der Waals surface area contributed by atoms with E-state index < -0.39 is 41.0 Å². The fraction of sp³-hybridized carbons (Fsp3) is 0.714. The van der Waals surface area contributed by atoms with Crippen LogP contribution in [-0.2, 0) is 9.59 Å². The zero-order valence-electron chi connectivity index (χ0n) is 15.8. The summed E-state index contributed by atoms with van der Waals surface area (Å²) in [4.78, 5) is 24.2. The van der Waals surface area contributed by atoms with Gasteiger partial charge in [0.15, 0.2) is 17.2 Å². The highest BCUT2D eigenvalue weighted by Crippen LogP contribution is 2.67. The van der Waals surface area contributed by atoms with Gasteiger partial charge in [-0.05, 0) is 49.7 Å². The van der Waals surface area contributed by atoms with Crippen molar-refractivity contribution >= 4 is 11.6 Å². The Kier molecular flexibility index (Phi) is 4.10. The van der Waals surface area contributed by atoms with Gasteiger partial charge in [0.25, 0.3) is 0 Å². The van der Waals surface area contributed by atoms with Gasteiger partial charge in [-0.1, -0.05) is 25.5 Å². The van der Waals surface area contributed by atoms with Crippen molar-refractivity contribution in [1.29, 1.82) is 0 Å². The molecule has 6 heteroatoms. The molecule has 0 unspecified atom stereocenters. The largest absolute Gasteiger partial charge is 0.393 e. The van der Waals surface area contributed by atoms with Crippen LogP contribution in [0.25, 0.3) is 0 Å². The van der Waals surface area contributed by atoms with Gasteiger partial charge >= 0.3 is 0 Å². The fourth-order valence-electron chi connectivity index (χ4n) is 6.96. The second-order valence-electron chi connectivity index (χ2n) is 9.31. The minimum Gasteiger partial charge on any atom is -0.393 e. The first-order valence-electron chi connectivity index (χ1n) is 9.76. The summed E-state index contributed by atoms with van der Waals surface area (Å²) in [5, 5.41) is 42.3. The van der Waals surface area contributed by atoms with Crippen LogP contribution < -0.4 is 0 Å². The Labute approximate surface area is 158 Å². The molecule has 0 amide bonds. The number of hydrogen-bond acceptors (Lipinski definition) is 6. The van der Waals surface area contributed by atoms with Gasteiger partial charge in [0, 0.05) is 16.7 Å². The average Bonchev–Trinajstić information content (AvgIpc) is 2.82. The van der Waals surface area contributed by atoms with E-state index in [1.807, 2.05) is 13.0 Å². The van der Waals surface area contributed by atoms with Crippen molar-refractivity contribution < 1.29 is 30.0 Å². The third-order valence-corrected chi connectivity index (χ3v) is 8.28. The van der Waals surface area contributed by atoms with E-state index in [0.29, 0.717) is 0 Å². The minimum absolute atomic E-state index is 0.00826. The first-order chi connectivity index (χ1) is 12.6. The maximum absolute atomic E-state index is 12.4. The first-order valence-corrected chi connectivity index (χ1v) is 9.76. The molecule has 3 fully saturated rings. The van der Waals surface area contributed by atoms with E-state index in [1.165, 1.54) is 0 Å². The molecule has 0 radical (unpaired) electrons. The topological polar surface area (TPSA) is 115 Å². The maximum Gasteiger partial charge on any atom is 0.192 e. The van der Waals surface area contributed by atoms with Crippen LogP contribution in [0.5, 0.6) is 0 Å². The van der Waals surface area contributed by atoms with Gasteiger partial charge in [0.05, 0.1) is 12.2 Å². The Balaban J connectivity index is 1.78. The van der Waals surface area contributed by atoms with Gasteiger partial charge in [-0.2, -0.15) is 0 Å². The molecule has 0 saturated heterocycles. The van der Waals surface area contributed by atoms with E-state index >= 15 is 0 Å². The summed E-state index contributed by atoms with van der Waals surface area (Å²) in [5.41, 5.74) is -2.46. The number of rotatable bonds is 2. The van der Waals surface area contributed by atoms with E-state index in [9.17, 15) is 30.0 Å². The van der Waals surface area contributed by atoms with Gasteiger partial charge in [-0.3, -0.25) is 9.59 Å². The highest BCUT2D eigenvalue weighted by Gasteiger charge is 2.71. The van der Waals surface area contributed by atoms with Crippen LogP contribution in [0.2, 0.25) is 0 Å². The highest BCUT2D eigenvalue weighted by molar-refractivity contribution is 6.01. The smallest absolute Gasteiger partial charge is 0.192 e. The summed E-state index contributed by atoms with van der Waals surface area (Å²) in [5.74, 6) is -1.09. The third kappa shape index (κ3) is 2.21. The summed E-state index contributed by atoms with van der Waals surface area (Å²) in [7, 11) is 0. The number of fused-ring (bicyclic) bond motifs is 5. The molecule has 0 heterocycles. The lowest BCUT2D eigenvalue weighted by atomic mass is 9.46. The Morgan fingerprint density at radius 2 is 2.00 bits per heavy atom. The molecule has 4 rings (SSSR count). The molecule has 4 N–H and O–H groups in total. The Morgan fingerprint density at radius 3 is 2.67 bits per heavy atom. The molecule has 0 aromatic heterocycles. The number of hydrogen-bond donors (Lipinski definition) is 4. The van der Waals surface area contributed by atoms with Crippen molar-refractivity contribution in [3.63, 3.8) is 0 Å². The molecule has 0 aromatic carbocycles. The standard InChI is InChI=1S/C21H28O6/c1-19-6-5-12(23)7-11(19)3-4-13-14-8-16(25)21(27,17(26)10-22)20(14,2)9-15(24)18(13)19/h5-7,13-16,18,22,24-25,27H,3-4,8-10H2,1-2H3/t13-,14-,15-,16-,18+,19-,20-,21-/m1/s1. The second-order valence-corrected chi connectivity index (χ2v) is 9.31. The molecule has 0 spiro atoms. The molecule has 27 heavy (non-hydrogen) atoms. The van der Waals surface area contributed by atoms with E-state index in [2.05, 4.69) is 0 Å². The summed E-state index contributed by atoms with van der Waals surface area (Å²) in [6.45, 7) is 2.96. The number of carbonyl (C=O) groups is 2. The molecule has 0 aliphatic heterocycles. The van der Waals surface area contributed by atoms with Crippen LogP contribution in [0.1, 0.15) is 39.5 Å². The molecular formula is C21H28O6. The van der Waals surface area contributed by atoms with Crippen LogP contribution in [0.4, 0.5) is 0 Å². The molecule has 148 valence electrons. The van der Waals surface area contributed by atoms with Crippen molar-refractivity contribution in [1.82, 2.24) is 0 Å². The van der Waals surface area contributed by atoms with E-state index in [-0.39, 0.29) is 36.4 Å². The quantitative estimate of drug-likeness (QED) is 0.559. The van der Waals surface area contributed by atoms with Gasteiger partial charge in [0.2, 0.25) is 0 Å². The molecule has 6 nitrogen and oxygen atoms in total. The number of aliphatic hydroxyl groups is 4. The zero-order valence-corrected chi connectivity index (χ0v) is 15.8. The molecule has 0 aromatic rings. The molecule has 3 saturated carbocycles. The molecular weight excluding hydrogens is 348 g/mol. The molecule has 8 atom stereocenters. The van der Waals surface area contributed by atoms with Gasteiger partial charge in [-0.25, -0.2) is 0 Å². The van der Waals surface area contributed by atoms with E-state index in [0.717, 1.165) is 18.4 Å². The lowest BCUT2D eigenvalue weighted by Crippen LogP contribution is -2.63. The minimum atomic E-state index is -2.05. The highest BCUT2D eigenvalue weighted by atomic mass is 16.4. The average molecular weight is 376 g/mol. The Hall–Kier alpha value is -1.34. The Bertz CT molecular complexity index is 756. The van der Waals surface area contributed by atoms with E-state index in [1.54, 1.807) is 19.1 Å². The van der Waals surface area contributed by atoms with Crippen molar-refractivity contribution in [2.45, 2.75) is 57.3 Å². The van der Waals surface area contributed by atoms with Crippen LogP contribution in [-0.4, -0.2) is 56.4 Å². The predicted octanol–water partition coefficient (Wildman–Crippen LogP) is 0.528. The number of aliphatic hydroxyl groups excluding tert-OH is 3. The molecule has 0 bridgehead atoms. The number of Topliss-reactive ketones (excluding diaryl/α,β-unsaturated/α-hetero) is 1. The Morgan fingerprint density at radius 1 is 1.30 bits per heavy atom. The maximum atomic E-state index is 12.4. The lowest BCUT2D eigenvalue weighted by molar-refractivity contribution is -0.190. The van der Waals surface area contributed by atoms with Crippen molar-refractivity contribution in [3.8, 4) is 0 Å². The van der Waals surface area contributed by atoms with Crippen molar-refractivity contribution in [2.24, 2.45) is 28.6 Å². The molecule has 4 aliphatic carbocycles. The van der Waals surface area contributed by atoms with Crippen molar-refractivity contribution in [3.05, 3.63) is 23.8 Å². The first kappa shape index (κ1) is 19.0. The number of carbonyl (C=O) groups excluding carboxylic acids is 2. The lowest BCUT2D eigenvalue weighted by Gasteiger charge is -2.59. The molecule has 4 aliphatic rings. The summed E-state index contributed by atoms with van der Waals surface area (Å²) in [6.07, 6.45) is 4.97. The SMILES string of the molecule is C[C@@]12C=CC(=O)C=C1CC[C@H]1[C@H]2[C@H](O)C[C@]2(C)[C@@H]1C[C@@H](O)[C@@]2(O)C(=O)CO. The van der Waals surface area contributed by atoms with Gasteiger partial charge in [-0.15, -0.1) is 0 Å². The normalized spacial score (nSPS) is 51.3. The van der Waals surface area contributed by atoms with Crippen LogP contribution in [0.3, 0.4) is 0 Å². The number of ketones is 2. The third-order valence-electron chi connectivity index (χ3n) is 8.28. The van der Waals surface area contributed by atoms with Crippen LogP contribution in [0.15, 0.2) is 23.8 Å². The van der Waals surface area contributed by atoms with Crippen LogP contribution >= 0.6 is 0 Å². The monoisotopic (exact) mass is 376 g/mol. The van der Waals surface area contributed by atoms with Gasteiger partial charge < -0.3 is 20.4 Å². The van der Waals surface area contributed by atoms with Crippen LogP contribution in [0, 0.1) is 28.6 Å². The second kappa shape index (κ2) is 5.83. The predicted molar refractivity (Wildman–Crippen MR) is 96.4 cm³/mol. The number of allylic oxidation sites excluding steroid dienone is 4. The van der Waals surface area contributed by atoms with E-state index in [4.69, 9.17) is 0 Å². The van der Waals surface area contributed by atoms with Crippen molar-refractivity contribution in [2.75, 3.05) is 6.61 Å². The summed E-state index contributed by atoms with van der Waals surface area (Å²) in [6, 6.07) is 0. The summed E-state index contributed by atoms with van der Waals surface area (Å²) < 4.78 is 0. The summed E-state index contributed by atoms with van der Waals surface area (Å²) >= 11 is 0. The fourth-order valence-corrected chi connectivity index (χ4v) is 6.96. The van der Waals surface area contributed by atoms with Gasteiger partial charge in [0.1, 0.15) is 6.61 Å².